The number of benzene rings is 1. The SMILES string of the molecule is Cl.Cl.NCC(=O)Nc1ccc(CCN2CCOCC2)cc1. The number of amides is 1. The molecule has 0 saturated carbocycles. The summed E-state index contributed by atoms with van der Waals surface area (Å²) in [5, 5.41) is 2.73. The van der Waals surface area contributed by atoms with E-state index < -0.39 is 0 Å². The van der Waals surface area contributed by atoms with Crippen LogP contribution in [0.4, 0.5) is 5.69 Å². The van der Waals surface area contributed by atoms with Crippen LogP contribution in [0.2, 0.25) is 0 Å². The van der Waals surface area contributed by atoms with Crippen molar-refractivity contribution >= 4 is 36.4 Å². The average molecular weight is 336 g/mol. The molecule has 0 unspecified atom stereocenters. The first-order valence-corrected chi connectivity index (χ1v) is 6.67. The number of carbonyl (C=O) groups is 1. The van der Waals surface area contributed by atoms with Crippen LogP contribution in [0.3, 0.4) is 0 Å². The summed E-state index contributed by atoms with van der Waals surface area (Å²) in [7, 11) is 0. The van der Waals surface area contributed by atoms with Crippen molar-refractivity contribution < 1.29 is 9.53 Å². The van der Waals surface area contributed by atoms with Crippen molar-refractivity contribution in [3.8, 4) is 0 Å². The van der Waals surface area contributed by atoms with E-state index in [1.54, 1.807) is 0 Å². The highest BCUT2D eigenvalue weighted by Gasteiger charge is 2.09. The molecule has 0 radical (unpaired) electrons. The van der Waals surface area contributed by atoms with E-state index in [0.29, 0.717) is 0 Å². The number of nitrogens with zero attached hydrogens (tertiary/aromatic N) is 1. The molecule has 21 heavy (non-hydrogen) atoms. The monoisotopic (exact) mass is 335 g/mol. The zero-order chi connectivity index (χ0) is 13.5. The van der Waals surface area contributed by atoms with Crippen LogP contribution < -0.4 is 11.1 Å². The second-order valence-corrected chi connectivity index (χ2v) is 4.65. The summed E-state index contributed by atoms with van der Waals surface area (Å²) in [6, 6.07) is 7.93. The van der Waals surface area contributed by atoms with Gasteiger partial charge in [0.15, 0.2) is 0 Å². The lowest BCUT2D eigenvalue weighted by molar-refractivity contribution is -0.114. The predicted molar refractivity (Wildman–Crippen MR) is 89.6 cm³/mol. The molecule has 0 aromatic heterocycles. The average Bonchev–Trinajstić information content (AvgIpc) is 2.47. The Hall–Kier alpha value is -0.850. The molecule has 1 fully saturated rings. The second kappa shape index (κ2) is 10.8. The first-order valence-electron chi connectivity index (χ1n) is 6.67. The maximum atomic E-state index is 11.1. The molecule has 3 N–H and O–H groups in total. The molecule has 1 aromatic rings. The van der Waals surface area contributed by atoms with Gasteiger partial charge in [0.25, 0.3) is 0 Å². The Bertz CT molecular complexity index is 409. The van der Waals surface area contributed by atoms with Gasteiger partial charge in [-0.25, -0.2) is 0 Å². The first-order chi connectivity index (χ1) is 9.28. The van der Waals surface area contributed by atoms with Crippen molar-refractivity contribution in [3.05, 3.63) is 29.8 Å². The second-order valence-electron chi connectivity index (χ2n) is 4.65. The van der Waals surface area contributed by atoms with Crippen LogP contribution in [-0.4, -0.2) is 50.2 Å². The number of nitrogens with one attached hydrogen (secondary N) is 1. The number of ether oxygens (including phenoxy) is 1. The minimum atomic E-state index is -0.166. The van der Waals surface area contributed by atoms with Crippen molar-refractivity contribution in [1.82, 2.24) is 4.90 Å². The van der Waals surface area contributed by atoms with Gasteiger partial charge in [-0.3, -0.25) is 9.69 Å². The van der Waals surface area contributed by atoms with Crippen LogP contribution in [0, 0.1) is 0 Å². The molecule has 0 spiro atoms. The lowest BCUT2D eigenvalue weighted by atomic mass is 10.1. The van der Waals surface area contributed by atoms with Gasteiger partial charge in [0.2, 0.25) is 5.91 Å². The third kappa shape index (κ3) is 7.11. The molecule has 2 rings (SSSR count). The Kier molecular flexibility index (Phi) is 10.4. The van der Waals surface area contributed by atoms with Gasteiger partial charge in [0.1, 0.15) is 0 Å². The number of rotatable bonds is 5. The number of hydrogen-bond donors (Lipinski definition) is 2. The third-order valence-corrected chi connectivity index (χ3v) is 3.24. The normalized spacial score (nSPS) is 14.7. The maximum absolute atomic E-state index is 11.1. The Morgan fingerprint density at radius 3 is 2.38 bits per heavy atom. The molecule has 0 aliphatic carbocycles. The van der Waals surface area contributed by atoms with Crippen molar-refractivity contribution in [2.24, 2.45) is 5.73 Å². The molecule has 1 amide bonds. The molecule has 0 atom stereocenters. The Morgan fingerprint density at radius 2 is 1.81 bits per heavy atom. The Morgan fingerprint density at radius 1 is 1.19 bits per heavy atom. The van der Waals surface area contributed by atoms with Gasteiger partial charge in [-0.05, 0) is 24.1 Å². The zero-order valence-electron chi connectivity index (χ0n) is 11.9. The van der Waals surface area contributed by atoms with E-state index in [9.17, 15) is 4.79 Å². The van der Waals surface area contributed by atoms with Crippen molar-refractivity contribution in [1.29, 1.82) is 0 Å². The lowest BCUT2D eigenvalue weighted by Gasteiger charge is -2.26. The molecular weight excluding hydrogens is 313 g/mol. The van der Waals surface area contributed by atoms with E-state index in [0.717, 1.165) is 45.0 Å². The van der Waals surface area contributed by atoms with Crippen molar-refractivity contribution in [3.63, 3.8) is 0 Å². The fourth-order valence-corrected chi connectivity index (χ4v) is 2.08. The molecule has 1 saturated heterocycles. The number of nitrogens with two attached hydrogens (primary N) is 1. The molecule has 1 aliphatic rings. The van der Waals surface area contributed by atoms with Crippen LogP contribution in [0.25, 0.3) is 0 Å². The van der Waals surface area contributed by atoms with Crippen LogP contribution >= 0.6 is 24.8 Å². The van der Waals surface area contributed by atoms with Gasteiger partial charge in [-0.15, -0.1) is 24.8 Å². The summed E-state index contributed by atoms with van der Waals surface area (Å²) in [4.78, 5) is 13.6. The van der Waals surface area contributed by atoms with Crippen molar-refractivity contribution in [2.45, 2.75) is 6.42 Å². The van der Waals surface area contributed by atoms with E-state index in [4.69, 9.17) is 10.5 Å². The molecular formula is C14H23Cl2N3O2. The first kappa shape index (κ1) is 20.1. The number of halogens is 2. The number of hydrogen-bond acceptors (Lipinski definition) is 4. The van der Waals surface area contributed by atoms with Crippen LogP contribution in [0.5, 0.6) is 0 Å². The highest BCUT2D eigenvalue weighted by molar-refractivity contribution is 5.92. The number of morpholine rings is 1. The molecule has 1 aliphatic heterocycles. The minimum Gasteiger partial charge on any atom is -0.379 e. The predicted octanol–water partition coefficient (Wildman–Crippen LogP) is 1.30. The van der Waals surface area contributed by atoms with Gasteiger partial charge < -0.3 is 15.8 Å². The quantitative estimate of drug-likeness (QED) is 0.851. The van der Waals surface area contributed by atoms with E-state index in [2.05, 4.69) is 10.2 Å². The molecule has 1 heterocycles. The fourth-order valence-electron chi connectivity index (χ4n) is 2.08. The van der Waals surface area contributed by atoms with Crippen LogP contribution in [0.1, 0.15) is 5.56 Å². The molecule has 7 heteroatoms. The van der Waals surface area contributed by atoms with Gasteiger partial charge in [0, 0.05) is 25.3 Å². The summed E-state index contributed by atoms with van der Waals surface area (Å²) >= 11 is 0. The highest BCUT2D eigenvalue weighted by Crippen LogP contribution is 2.10. The fraction of sp³-hybridized carbons (Fsp3) is 0.500. The zero-order valence-corrected chi connectivity index (χ0v) is 13.5. The van der Waals surface area contributed by atoms with E-state index in [-0.39, 0.29) is 37.3 Å². The van der Waals surface area contributed by atoms with Crippen LogP contribution in [0.15, 0.2) is 24.3 Å². The summed E-state index contributed by atoms with van der Waals surface area (Å²) in [5.41, 5.74) is 7.32. The topological polar surface area (TPSA) is 67.6 Å². The summed E-state index contributed by atoms with van der Waals surface area (Å²) in [5.74, 6) is -0.166. The van der Waals surface area contributed by atoms with Crippen molar-refractivity contribution in [2.75, 3.05) is 44.7 Å². The van der Waals surface area contributed by atoms with Gasteiger partial charge in [0.05, 0.1) is 19.8 Å². The van der Waals surface area contributed by atoms with Gasteiger partial charge >= 0.3 is 0 Å². The summed E-state index contributed by atoms with van der Waals surface area (Å²) < 4.78 is 5.32. The smallest absolute Gasteiger partial charge is 0.238 e. The lowest BCUT2D eigenvalue weighted by Crippen LogP contribution is -2.37. The van der Waals surface area contributed by atoms with Gasteiger partial charge in [-0.1, -0.05) is 12.1 Å². The van der Waals surface area contributed by atoms with E-state index in [1.165, 1.54) is 5.56 Å². The standard InChI is InChI=1S/C14H21N3O2.2ClH/c15-11-14(18)16-13-3-1-12(2-4-13)5-6-17-7-9-19-10-8-17;;/h1-4H,5-11,15H2,(H,16,18);2*1H. The minimum absolute atomic E-state index is 0. The highest BCUT2D eigenvalue weighted by atomic mass is 35.5. The summed E-state index contributed by atoms with van der Waals surface area (Å²) in [6.45, 7) is 4.78. The largest absolute Gasteiger partial charge is 0.379 e. The van der Waals surface area contributed by atoms with E-state index >= 15 is 0 Å². The third-order valence-electron chi connectivity index (χ3n) is 3.24. The molecule has 0 bridgehead atoms. The summed E-state index contributed by atoms with van der Waals surface area (Å²) in [6.07, 6.45) is 1.02. The molecule has 1 aromatic carbocycles. The maximum Gasteiger partial charge on any atom is 0.238 e. The van der Waals surface area contributed by atoms with Crippen LogP contribution in [-0.2, 0) is 16.0 Å². The van der Waals surface area contributed by atoms with E-state index in [1.807, 2.05) is 24.3 Å². The Balaban J connectivity index is 0.00000200. The van der Waals surface area contributed by atoms with Gasteiger partial charge in [-0.2, -0.15) is 0 Å². The molecule has 5 nitrogen and oxygen atoms in total. The molecule has 120 valence electrons. The number of anilines is 1. The number of carbonyl (C=O) groups excluding carboxylic acids is 1. The Labute approximate surface area is 138 Å².